The van der Waals surface area contributed by atoms with Gasteiger partial charge in [0.05, 0.1) is 16.3 Å². The lowest BCUT2D eigenvalue weighted by molar-refractivity contribution is 0.0698. The summed E-state index contributed by atoms with van der Waals surface area (Å²) in [6.45, 7) is 2.49. The van der Waals surface area contributed by atoms with Gasteiger partial charge in [-0.25, -0.2) is 9.59 Å². The number of carbonyl (C=O) groups excluding carboxylic acids is 1. The summed E-state index contributed by atoms with van der Waals surface area (Å²) in [5, 5.41) is 11.9. The molecule has 19 heavy (non-hydrogen) atoms. The largest absolute Gasteiger partial charge is 0.478 e. The normalized spacial score (nSPS) is 10.1. The first kappa shape index (κ1) is 15.6. The van der Waals surface area contributed by atoms with Gasteiger partial charge in [-0.15, -0.1) is 0 Å². The van der Waals surface area contributed by atoms with Gasteiger partial charge in [0.25, 0.3) is 0 Å². The van der Waals surface area contributed by atoms with Gasteiger partial charge in [0.2, 0.25) is 0 Å². The first-order valence-corrected chi connectivity index (χ1v) is 6.36. The van der Waals surface area contributed by atoms with Gasteiger partial charge in [-0.2, -0.15) is 0 Å². The van der Waals surface area contributed by atoms with Crippen molar-refractivity contribution in [3.05, 3.63) is 27.7 Å². The first-order chi connectivity index (χ1) is 8.86. The number of carboxylic acid groups (broad SMARTS) is 1. The molecule has 0 saturated heterocycles. The number of rotatable bonds is 4. The van der Waals surface area contributed by atoms with Gasteiger partial charge in [-0.3, -0.25) is 0 Å². The summed E-state index contributed by atoms with van der Waals surface area (Å²) in [5.41, 5.74) is -0.0951. The minimum absolute atomic E-state index is 0.0477. The van der Waals surface area contributed by atoms with Crippen LogP contribution < -0.4 is 5.32 Å². The predicted octanol–water partition coefficient (Wildman–Crippen LogP) is 3.57. The topological polar surface area (TPSA) is 69.6 Å². The molecule has 0 aliphatic heterocycles. The van der Waals surface area contributed by atoms with Gasteiger partial charge in [0.15, 0.2) is 0 Å². The van der Waals surface area contributed by atoms with Crippen LogP contribution in [-0.2, 0) is 0 Å². The van der Waals surface area contributed by atoms with Crippen LogP contribution in [0.1, 0.15) is 23.7 Å². The van der Waals surface area contributed by atoms with E-state index in [9.17, 15) is 9.59 Å². The number of nitrogens with one attached hydrogen (secondary N) is 1. The van der Waals surface area contributed by atoms with E-state index >= 15 is 0 Å². The van der Waals surface area contributed by atoms with Crippen molar-refractivity contribution in [3.8, 4) is 0 Å². The van der Waals surface area contributed by atoms with Gasteiger partial charge in [-0.05, 0) is 18.6 Å². The van der Waals surface area contributed by atoms with Crippen LogP contribution >= 0.6 is 23.2 Å². The number of hydrogen-bond acceptors (Lipinski definition) is 2. The van der Waals surface area contributed by atoms with Crippen molar-refractivity contribution >= 4 is 40.9 Å². The molecule has 5 nitrogen and oxygen atoms in total. The second-order valence-corrected chi connectivity index (χ2v) is 4.81. The monoisotopic (exact) mass is 304 g/mol. The predicted molar refractivity (Wildman–Crippen MR) is 75.4 cm³/mol. The molecule has 2 amide bonds. The Kier molecular flexibility index (Phi) is 5.44. The molecule has 1 aromatic rings. The van der Waals surface area contributed by atoms with E-state index < -0.39 is 12.0 Å². The van der Waals surface area contributed by atoms with Crippen molar-refractivity contribution in [2.45, 2.75) is 13.3 Å². The number of urea groups is 1. The third-order valence-electron chi connectivity index (χ3n) is 2.42. The fourth-order valence-electron chi connectivity index (χ4n) is 1.51. The van der Waals surface area contributed by atoms with Crippen LogP contribution in [0.25, 0.3) is 0 Å². The number of halogens is 2. The van der Waals surface area contributed by atoms with E-state index in [0.29, 0.717) is 6.54 Å². The van der Waals surface area contributed by atoms with E-state index in [1.54, 1.807) is 7.05 Å². The number of amides is 2. The van der Waals surface area contributed by atoms with Gasteiger partial charge in [0.1, 0.15) is 0 Å². The molecule has 0 aliphatic carbocycles. The minimum Gasteiger partial charge on any atom is -0.478 e. The Morgan fingerprint density at radius 3 is 2.53 bits per heavy atom. The molecule has 0 heterocycles. The molecule has 0 bridgehead atoms. The van der Waals surface area contributed by atoms with Crippen molar-refractivity contribution < 1.29 is 14.7 Å². The number of benzene rings is 1. The van der Waals surface area contributed by atoms with Crippen molar-refractivity contribution in [2.75, 3.05) is 18.9 Å². The Morgan fingerprint density at radius 1 is 1.37 bits per heavy atom. The van der Waals surface area contributed by atoms with Crippen LogP contribution in [0.5, 0.6) is 0 Å². The summed E-state index contributed by atoms with van der Waals surface area (Å²) in [6.07, 6.45) is 0.796. The third kappa shape index (κ3) is 4.01. The lowest BCUT2D eigenvalue weighted by Crippen LogP contribution is -2.32. The highest BCUT2D eigenvalue weighted by molar-refractivity contribution is 6.37. The highest BCUT2D eigenvalue weighted by Gasteiger charge is 2.18. The molecule has 0 spiro atoms. The number of carbonyl (C=O) groups is 2. The van der Waals surface area contributed by atoms with E-state index in [1.807, 2.05) is 6.92 Å². The molecule has 0 radical (unpaired) electrons. The summed E-state index contributed by atoms with van der Waals surface area (Å²) in [5.74, 6) is -1.21. The Hall–Kier alpha value is -1.46. The smallest absolute Gasteiger partial charge is 0.337 e. The van der Waals surface area contributed by atoms with Gasteiger partial charge in [-0.1, -0.05) is 30.1 Å². The third-order valence-corrected chi connectivity index (χ3v) is 2.94. The summed E-state index contributed by atoms with van der Waals surface area (Å²) in [7, 11) is 1.61. The minimum atomic E-state index is -1.21. The maximum Gasteiger partial charge on any atom is 0.337 e. The number of carboxylic acids is 1. The zero-order valence-corrected chi connectivity index (χ0v) is 12.0. The van der Waals surface area contributed by atoms with Crippen molar-refractivity contribution in [1.82, 2.24) is 4.90 Å². The van der Waals surface area contributed by atoms with E-state index in [0.717, 1.165) is 6.42 Å². The molecule has 7 heteroatoms. The van der Waals surface area contributed by atoms with Gasteiger partial charge >= 0.3 is 12.0 Å². The second-order valence-electron chi connectivity index (χ2n) is 3.97. The fraction of sp³-hybridized carbons (Fsp3) is 0.333. The summed E-state index contributed by atoms with van der Waals surface area (Å²) in [6, 6.07) is 2.20. The molecular weight excluding hydrogens is 291 g/mol. The lowest BCUT2D eigenvalue weighted by Gasteiger charge is -2.18. The van der Waals surface area contributed by atoms with Crippen molar-refractivity contribution in [1.29, 1.82) is 0 Å². The molecule has 0 aliphatic rings. The Labute approximate surface area is 121 Å². The molecule has 104 valence electrons. The zero-order chi connectivity index (χ0) is 14.6. The van der Waals surface area contributed by atoms with Crippen molar-refractivity contribution in [3.63, 3.8) is 0 Å². The summed E-state index contributed by atoms with van der Waals surface area (Å²) in [4.78, 5) is 24.4. The number of hydrogen-bond donors (Lipinski definition) is 2. The number of nitrogens with zero attached hydrogens (tertiary/aromatic N) is 1. The van der Waals surface area contributed by atoms with E-state index in [-0.39, 0.29) is 21.3 Å². The van der Waals surface area contributed by atoms with E-state index in [4.69, 9.17) is 28.3 Å². The molecule has 1 aromatic carbocycles. The van der Waals surface area contributed by atoms with E-state index in [1.165, 1.54) is 17.0 Å². The molecule has 0 atom stereocenters. The molecular formula is C12H14Cl2N2O3. The molecule has 1 rings (SSSR count). The molecule has 0 fully saturated rings. The average Bonchev–Trinajstić information content (AvgIpc) is 2.32. The van der Waals surface area contributed by atoms with Gasteiger partial charge in [0, 0.05) is 18.6 Å². The maximum atomic E-state index is 11.8. The van der Waals surface area contributed by atoms with Gasteiger partial charge < -0.3 is 15.3 Å². The van der Waals surface area contributed by atoms with Crippen LogP contribution in [0.15, 0.2) is 12.1 Å². The summed E-state index contributed by atoms with van der Waals surface area (Å²) < 4.78 is 0. The zero-order valence-electron chi connectivity index (χ0n) is 10.5. The molecule has 2 N–H and O–H groups in total. The number of aromatic carboxylic acids is 1. The first-order valence-electron chi connectivity index (χ1n) is 5.61. The van der Waals surface area contributed by atoms with Crippen molar-refractivity contribution in [2.24, 2.45) is 0 Å². The molecule has 0 saturated carbocycles. The standard InChI is InChI=1S/C12H14Cl2N2O3/c1-3-4-16(2)12(19)15-10-8(11(17)18)5-7(13)6-9(10)14/h5-6H,3-4H2,1-2H3,(H,15,19)(H,17,18). The highest BCUT2D eigenvalue weighted by atomic mass is 35.5. The summed E-state index contributed by atoms with van der Waals surface area (Å²) >= 11 is 11.7. The van der Waals surface area contributed by atoms with Crippen LogP contribution in [0.3, 0.4) is 0 Å². The second kappa shape index (κ2) is 6.63. The fourth-order valence-corrected chi connectivity index (χ4v) is 2.05. The quantitative estimate of drug-likeness (QED) is 0.893. The maximum absolute atomic E-state index is 11.8. The lowest BCUT2D eigenvalue weighted by atomic mass is 10.2. The van der Waals surface area contributed by atoms with Crippen LogP contribution in [0.4, 0.5) is 10.5 Å². The van der Waals surface area contributed by atoms with E-state index in [2.05, 4.69) is 5.32 Å². The SMILES string of the molecule is CCCN(C)C(=O)Nc1c(Cl)cc(Cl)cc1C(=O)O. The average molecular weight is 305 g/mol. The number of anilines is 1. The molecule has 0 unspecified atom stereocenters. The van der Waals surface area contributed by atoms with Crippen LogP contribution in [0.2, 0.25) is 10.0 Å². The molecule has 0 aromatic heterocycles. The Balaban J connectivity index is 3.06. The Bertz CT molecular complexity index is 506. The highest BCUT2D eigenvalue weighted by Crippen LogP contribution is 2.30. The Morgan fingerprint density at radius 2 is 2.00 bits per heavy atom. The van der Waals surface area contributed by atoms with Crippen LogP contribution in [-0.4, -0.2) is 35.6 Å². The van der Waals surface area contributed by atoms with Crippen LogP contribution in [0, 0.1) is 0 Å².